The van der Waals surface area contributed by atoms with Gasteiger partial charge in [-0.2, -0.15) is 13.9 Å². The van der Waals surface area contributed by atoms with Crippen molar-refractivity contribution in [3.8, 4) is 22.7 Å². The number of hydrogen-bond donors (Lipinski definition) is 2. The van der Waals surface area contributed by atoms with Crippen LogP contribution in [0.25, 0.3) is 16.9 Å². The molecule has 2 aromatic heterocycles. The Bertz CT molecular complexity index is 1210. The molecule has 0 aliphatic carbocycles. The number of aromatic amines is 1. The van der Waals surface area contributed by atoms with Gasteiger partial charge in [0.05, 0.1) is 12.2 Å². The number of ether oxygens (including phenoxy) is 1. The minimum atomic E-state index is -1.87. The quantitative estimate of drug-likeness (QED) is 0.647. The first-order valence-electron chi connectivity index (χ1n) is 9.73. The summed E-state index contributed by atoms with van der Waals surface area (Å²) in [6.07, 6.45) is -0.490. The van der Waals surface area contributed by atoms with Gasteiger partial charge in [0, 0.05) is 37.3 Å². The fourth-order valence-corrected chi connectivity index (χ4v) is 3.57. The zero-order valence-corrected chi connectivity index (χ0v) is 17.2. The summed E-state index contributed by atoms with van der Waals surface area (Å²) in [5, 5.41) is 6.18. The fourth-order valence-electron chi connectivity index (χ4n) is 3.57. The number of aromatic nitrogens is 4. The largest absolute Gasteiger partial charge is 0.490 e. The second-order valence-corrected chi connectivity index (χ2v) is 7.34. The number of nitrogens with zero attached hydrogens (tertiary/aromatic N) is 4. The Balaban J connectivity index is 1.71. The highest BCUT2D eigenvalue weighted by Crippen LogP contribution is 2.35. The average molecular weight is 428 g/mol. The topological polar surface area (TPSA) is 102 Å². The summed E-state index contributed by atoms with van der Waals surface area (Å²) in [4.78, 5) is 18.9. The van der Waals surface area contributed by atoms with E-state index in [0.29, 0.717) is 18.0 Å². The van der Waals surface area contributed by atoms with Gasteiger partial charge in [0.15, 0.2) is 0 Å². The van der Waals surface area contributed by atoms with Crippen LogP contribution in [-0.4, -0.2) is 46.5 Å². The Hall–Kier alpha value is -3.53. The molecule has 0 saturated carbocycles. The molecule has 0 unspecified atom stereocenters. The number of nitrogens with one attached hydrogen (secondary N) is 1. The number of nitrogens with two attached hydrogens (primary N) is 1. The number of hydrogen-bond acceptors (Lipinski definition) is 6. The highest BCUT2D eigenvalue weighted by atomic mass is 19.3. The minimum absolute atomic E-state index is 0.117. The van der Waals surface area contributed by atoms with E-state index in [4.69, 9.17) is 10.5 Å². The van der Waals surface area contributed by atoms with Gasteiger partial charge in [-0.15, -0.1) is 0 Å². The minimum Gasteiger partial charge on any atom is -0.490 e. The molecule has 0 saturated heterocycles. The summed E-state index contributed by atoms with van der Waals surface area (Å²) >= 11 is 0. The Morgan fingerprint density at radius 3 is 2.81 bits per heavy atom. The third-order valence-corrected chi connectivity index (χ3v) is 5.28. The SMILES string of the molecule is Cc1cc(-c2ccc3c(c2)OCCN3C)cnc1-n1c(CC(CN)=C(F)F)n[nH]c1=O. The Labute approximate surface area is 177 Å². The Kier molecular flexibility index (Phi) is 5.55. The van der Waals surface area contributed by atoms with E-state index in [1.807, 2.05) is 31.3 Å². The van der Waals surface area contributed by atoms with Crippen LogP contribution in [0.5, 0.6) is 5.75 Å². The summed E-state index contributed by atoms with van der Waals surface area (Å²) in [7, 11) is 2.02. The number of H-pyrrole nitrogens is 1. The summed E-state index contributed by atoms with van der Waals surface area (Å²) in [6.45, 7) is 2.92. The lowest BCUT2D eigenvalue weighted by molar-refractivity contribution is 0.311. The van der Waals surface area contributed by atoms with Gasteiger partial charge in [-0.1, -0.05) is 6.07 Å². The third-order valence-electron chi connectivity index (χ3n) is 5.28. The van der Waals surface area contributed by atoms with Crippen molar-refractivity contribution in [1.82, 2.24) is 19.7 Å². The molecule has 0 atom stereocenters. The summed E-state index contributed by atoms with van der Waals surface area (Å²) in [5.74, 6) is 1.24. The first kappa shape index (κ1) is 20.7. The average Bonchev–Trinajstić information content (AvgIpc) is 3.11. The van der Waals surface area contributed by atoms with Crippen molar-refractivity contribution in [2.75, 3.05) is 31.6 Å². The van der Waals surface area contributed by atoms with E-state index in [0.717, 1.165) is 29.1 Å². The van der Waals surface area contributed by atoms with E-state index < -0.39 is 11.8 Å². The van der Waals surface area contributed by atoms with E-state index in [1.54, 1.807) is 13.1 Å². The zero-order valence-electron chi connectivity index (χ0n) is 17.2. The van der Waals surface area contributed by atoms with Crippen LogP contribution in [0.3, 0.4) is 0 Å². The van der Waals surface area contributed by atoms with Crippen molar-refractivity contribution in [2.24, 2.45) is 5.73 Å². The maximum Gasteiger partial charge on any atom is 0.349 e. The zero-order chi connectivity index (χ0) is 22.1. The van der Waals surface area contributed by atoms with Gasteiger partial charge >= 0.3 is 5.69 Å². The van der Waals surface area contributed by atoms with Crippen molar-refractivity contribution >= 4 is 5.69 Å². The smallest absolute Gasteiger partial charge is 0.349 e. The van der Waals surface area contributed by atoms with Crippen molar-refractivity contribution in [3.63, 3.8) is 0 Å². The normalized spacial score (nSPS) is 13.0. The van der Waals surface area contributed by atoms with E-state index in [1.165, 1.54) is 4.57 Å². The second kappa shape index (κ2) is 8.31. The van der Waals surface area contributed by atoms with Crippen LogP contribution in [0.4, 0.5) is 14.5 Å². The van der Waals surface area contributed by atoms with Crippen LogP contribution in [0.15, 0.2) is 46.9 Å². The van der Waals surface area contributed by atoms with Crippen LogP contribution in [0.1, 0.15) is 11.4 Å². The summed E-state index contributed by atoms with van der Waals surface area (Å²) in [6, 6.07) is 7.82. The molecule has 1 aromatic carbocycles. The van der Waals surface area contributed by atoms with Crippen molar-refractivity contribution in [3.05, 3.63) is 64.0 Å². The highest BCUT2D eigenvalue weighted by Gasteiger charge is 2.19. The molecule has 4 rings (SSSR count). The summed E-state index contributed by atoms with van der Waals surface area (Å²) < 4.78 is 33.0. The van der Waals surface area contributed by atoms with E-state index in [-0.39, 0.29) is 24.4 Å². The lowest BCUT2D eigenvalue weighted by Gasteiger charge is -2.28. The predicted molar refractivity (Wildman–Crippen MR) is 113 cm³/mol. The molecule has 31 heavy (non-hydrogen) atoms. The van der Waals surface area contributed by atoms with Gasteiger partial charge in [-0.3, -0.25) is 0 Å². The molecule has 3 N–H and O–H groups in total. The predicted octanol–water partition coefficient (Wildman–Crippen LogP) is 2.41. The molecule has 10 heteroatoms. The number of aryl methyl sites for hydroxylation is 1. The lowest BCUT2D eigenvalue weighted by atomic mass is 10.0. The van der Waals surface area contributed by atoms with Crippen molar-refractivity contribution in [1.29, 1.82) is 0 Å². The lowest BCUT2D eigenvalue weighted by Crippen LogP contribution is -2.28. The molecule has 0 spiro atoms. The third kappa shape index (κ3) is 3.93. The molecule has 0 radical (unpaired) electrons. The van der Waals surface area contributed by atoms with E-state index >= 15 is 0 Å². The van der Waals surface area contributed by atoms with Gasteiger partial charge in [-0.25, -0.2) is 19.4 Å². The van der Waals surface area contributed by atoms with Crippen molar-refractivity contribution < 1.29 is 13.5 Å². The van der Waals surface area contributed by atoms with Crippen LogP contribution in [0, 0.1) is 6.92 Å². The first-order chi connectivity index (χ1) is 14.9. The number of halogens is 2. The van der Waals surface area contributed by atoms with E-state index in [2.05, 4.69) is 20.1 Å². The summed E-state index contributed by atoms with van der Waals surface area (Å²) in [5.41, 5.74) is 8.03. The molecule has 0 amide bonds. The molecular weight excluding hydrogens is 406 g/mol. The molecule has 1 aliphatic heterocycles. The Morgan fingerprint density at radius 1 is 1.29 bits per heavy atom. The second-order valence-electron chi connectivity index (χ2n) is 7.34. The van der Waals surface area contributed by atoms with Crippen LogP contribution >= 0.6 is 0 Å². The number of pyridine rings is 1. The van der Waals surface area contributed by atoms with E-state index in [9.17, 15) is 13.6 Å². The number of fused-ring (bicyclic) bond motifs is 1. The maximum atomic E-state index is 13.0. The molecule has 8 nitrogen and oxygen atoms in total. The van der Waals surface area contributed by atoms with Crippen LogP contribution < -0.4 is 21.1 Å². The number of likely N-dealkylation sites (N-methyl/N-ethyl adjacent to an activating group) is 1. The highest BCUT2D eigenvalue weighted by molar-refractivity contribution is 5.72. The molecule has 3 aromatic rings. The van der Waals surface area contributed by atoms with Gasteiger partial charge in [-0.05, 0) is 36.2 Å². The van der Waals surface area contributed by atoms with Crippen molar-refractivity contribution in [2.45, 2.75) is 13.3 Å². The standard InChI is InChI=1S/C21H22F2N6O2/c1-12-7-15(13-3-4-16-17(8-13)31-6-5-28(16)2)11-25-20(12)29-18(26-27-21(29)30)9-14(10-24)19(22)23/h3-4,7-8,11H,5-6,9-10,24H2,1-2H3,(H,27,30). The molecule has 1 aliphatic rings. The molecule has 162 valence electrons. The number of anilines is 1. The van der Waals surface area contributed by atoms with Gasteiger partial charge in [0.2, 0.25) is 0 Å². The fraction of sp³-hybridized carbons (Fsp3) is 0.286. The van der Waals surface area contributed by atoms with Gasteiger partial charge in [0.25, 0.3) is 6.08 Å². The van der Waals surface area contributed by atoms with Crippen LogP contribution in [0.2, 0.25) is 0 Å². The Morgan fingerprint density at radius 2 is 2.10 bits per heavy atom. The van der Waals surface area contributed by atoms with Gasteiger partial charge < -0.3 is 15.4 Å². The number of benzene rings is 1. The maximum absolute atomic E-state index is 13.0. The van der Waals surface area contributed by atoms with Gasteiger partial charge in [0.1, 0.15) is 24.0 Å². The molecule has 0 fully saturated rings. The molecule has 3 heterocycles. The van der Waals surface area contributed by atoms with Crippen LogP contribution in [-0.2, 0) is 6.42 Å². The molecule has 0 bridgehead atoms. The monoisotopic (exact) mass is 428 g/mol. The number of rotatable bonds is 5. The molecular formula is C21H22F2N6O2. The first-order valence-corrected chi connectivity index (χ1v) is 9.73.